The second-order valence-electron chi connectivity index (χ2n) is 5.14. The van der Waals surface area contributed by atoms with Crippen molar-refractivity contribution in [1.82, 2.24) is 15.0 Å². The predicted molar refractivity (Wildman–Crippen MR) is 90.8 cm³/mol. The standard InChI is InChI=1S/C15H13BrN6/c1-9-2-3-11(8-18-9)20-15-19-7-10-6-12(16)14-17-4-5-22(14)13(10)21-15/h2-3,6-8H,4-5H2,1H3,(H,19,20,21). The van der Waals surface area contributed by atoms with Crippen molar-refractivity contribution in [2.75, 3.05) is 23.3 Å². The molecule has 4 heterocycles. The van der Waals surface area contributed by atoms with Gasteiger partial charge in [0.25, 0.3) is 0 Å². The molecule has 2 aliphatic heterocycles. The van der Waals surface area contributed by atoms with Crippen molar-refractivity contribution in [3.63, 3.8) is 0 Å². The Morgan fingerprint density at radius 2 is 2.14 bits per heavy atom. The minimum absolute atomic E-state index is 0.557. The van der Waals surface area contributed by atoms with Crippen molar-refractivity contribution < 1.29 is 0 Å². The molecular weight excluding hydrogens is 344 g/mol. The summed E-state index contributed by atoms with van der Waals surface area (Å²) in [6, 6.07) is 3.91. The third-order valence-corrected chi connectivity index (χ3v) is 4.14. The Kier molecular flexibility index (Phi) is 3.15. The van der Waals surface area contributed by atoms with E-state index in [1.807, 2.05) is 31.3 Å². The number of aryl methyl sites for hydroxylation is 1. The summed E-state index contributed by atoms with van der Waals surface area (Å²) in [5.74, 6) is 2.38. The highest BCUT2D eigenvalue weighted by Gasteiger charge is 2.28. The van der Waals surface area contributed by atoms with E-state index in [1.165, 1.54) is 0 Å². The number of amidine groups is 1. The van der Waals surface area contributed by atoms with Gasteiger partial charge in [-0.05, 0) is 41.1 Å². The molecule has 110 valence electrons. The van der Waals surface area contributed by atoms with Crippen LogP contribution in [0.3, 0.4) is 0 Å². The van der Waals surface area contributed by atoms with Gasteiger partial charge in [-0.25, -0.2) is 4.98 Å². The Morgan fingerprint density at radius 1 is 1.23 bits per heavy atom. The number of nitrogens with one attached hydrogen (secondary N) is 1. The number of aliphatic imine (C=N–C) groups is 1. The number of fused-ring (bicyclic) bond motifs is 3. The van der Waals surface area contributed by atoms with Gasteiger partial charge >= 0.3 is 0 Å². The van der Waals surface area contributed by atoms with E-state index in [9.17, 15) is 0 Å². The van der Waals surface area contributed by atoms with E-state index in [0.29, 0.717) is 5.95 Å². The highest BCUT2D eigenvalue weighted by Crippen LogP contribution is 2.33. The maximum Gasteiger partial charge on any atom is 0.229 e. The minimum Gasteiger partial charge on any atom is -0.323 e. The molecule has 0 saturated heterocycles. The molecule has 6 nitrogen and oxygen atoms in total. The third-order valence-electron chi connectivity index (χ3n) is 3.56. The molecule has 0 bridgehead atoms. The van der Waals surface area contributed by atoms with Crippen LogP contribution < -0.4 is 10.2 Å². The Labute approximate surface area is 136 Å². The molecule has 2 aromatic heterocycles. The molecule has 0 aromatic carbocycles. The zero-order valence-electron chi connectivity index (χ0n) is 11.9. The number of aromatic nitrogens is 3. The van der Waals surface area contributed by atoms with Crippen LogP contribution in [0, 0.1) is 6.92 Å². The molecule has 0 spiro atoms. The normalized spacial score (nSPS) is 15.8. The van der Waals surface area contributed by atoms with Gasteiger partial charge in [0.1, 0.15) is 11.7 Å². The van der Waals surface area contributed by atoms with Crippen LogP contribution in [0.1, 0.15) is 11.3 Å². The van der Waals surface area contributed by atoms with Crippen molar-refractivity contribution in [2.24, 2.45) is 4.99 Å². The zero-order chi connectivity index (χ0) is 15.1. The minimum atomic E-state index is 0.557. The summed E-state index contributed by atoms with van der Waals surface area (Å²) in [5.41, 5.74) is 2.83. The van der Waals surface area contributed by atoms with Crippen LogP contribution in [-0.2, 0) is 0 Å². The second-order valence-corrected chi connectivity index (χ2v) is 5.99. The Balaban J connectivity index is 1.69. The topological polar surface area (TPSA) is 66.3 Å². The summed E-state index contributed by atoms with van der Waals surface area (Å²) >= 11 is 3.55. The van der Waals surface area contributed by atoms with Gasteiger partial charge in [-0.2, -0.15) is 4.98 Å². The van der Waals surface area contributed by atoms with Gasteiger partial charge in [0.05, 0.1) is 22.9 Å². The summed E-state index contributed by atoms with van der Waals surface area (Å²) in [6.07, 6.45) is 5.60. The number of hydrogen-bond acceptors (Lipinski definition) is 6. The average Bonchev–Trinajstić information content (AvgIpc) is 3.01. The first-order valence-electron chi connectivity index (χ1n) is 6.97. The van der Waals surface area contributed by atoms with E-state index in [1.54, 1.807) is 6.20 Å². The Hall–Kier alpha value is -2.28. The van der Waals surface area contributed by atoms with Crippen LogP contribution in [-0.4, -0.2) is 33.9 Å². The number of pyridine rings is 1. The summed E-state index contributed by atoms with van der Waals surface area (Å²) in [6.45, 7) is 3.58. The lowest BCUT2D eigenvalue weighted by Crippen LogP contribution is -2.31. The van der Waals surface area contributed by atoms with Gasteiger partial charge in [-0.15, -0.1) is 0 Å². The smallest absolute Gasteiger partial charge is 0.229 e. The molecule has 0 fully saturated rings. The van der Waals surface area contributed by atoms with E-state index in [4.69, 9.17) is 0 Å². The Morgan fingerprint density at radius 3 is 2.95 bits per heavy atom. The van der Waals surface area contributed by atoms with Crippen LogP contribution in [0.25, 0.3) is 6.08 Å². The summed E-state index contributed by atoms with van der Waals surface area (Å²) in [5, 5.41) is 3.19. The van der Waals surface area contributed by atoms with Crippen molar-refractivity contribution in [1.29, 1.82) is 0 Å². The lowest BCUT2D eigenvalue weighted by Gasteiger charge is -2.25. The molecule has 7 heteroatoms. The van der Waals surface area contributed by atoms with Crippen molar-refractivity contribution in [3.05, 3.63) is 40.3 Å². The lowest BCUT2D eigenvalue weighted by atomic mass is 10.2. The maximum atomic E-state index is 4.64. The van der Waals surface area contributed by atoms with Crippen LogP contribution in [0.5, 0.6) is 0 Å². The fourth-order valence-electron chi connectivity index (χ4n) is 2.49. The van der Waals surface area contributed by atoms with Gasteiger partial charge < -0.3 is 10.2 Å². The molecule has 22 heavy (non-hydrogen) atoms. The van der Waals surface area contributed by atoms with Crippen LogP contribution in [0.4, 0.5) is 17.5 Å². The zero-order valence-corrected chi connectivity index (χ0v) is 13.5. The molecule has 0 amide bonds. The molecule has 0 unspecified atom stereocenters. The molecule has 2 aliphatic rings. The van der Waals surface area contributed by atoms with Crippen molar-refractivity contribution in [2.45, 2.75) is 6.92 Å². The second kappa shape index (κ2) is 5.17. The fraction of sp³-hybridized carbons (Fsp3) is 0.200. The van der Waals surface area contributed by atoms with Crippen LogP contribution in [0.15, 0.2) is 34.0 Å². The summed E-state index contributed by atoms with van der Waals surface area (Å²) in [4.78, 5) is 19.9. The first-order chi connectivity index (χ1) is 10.7. The van der Waals surface area contributed by atoms with Crippen molar-refractivity contribution in [3.8, 4) is 0 Å². The van der Waals surface area contributed by atoms with E-state index in [0.717, 1.165) is 46.2 Å². The first-order valence-corrected chi connectivity index (χ1v) is 7.76. The molecule has 1 N–H and O–H groups in total. The maximum absolute atomic E-state index is 4.64. The molecule has 0 radical (unpaired) electrons. The first kappa shape index (κ1) is 13.4. The SMILES string of the molecule is Cc1ccc(Nc2ncc3c(n2)N2CCN=C2C(Br)=C3)cn1. The highest BCUT2D eigenvalue weighted by atomic mass is 79.9. The number of halogens is 1. The van der Waals surface area contributed by atoms with E-state index in [-0.39, 0.29) is 0 Å². The summed E-state index contributed by atoms with van der Waals surface area (Å²) in [7, 11) is 0. The molecular formula is C15H13BrN6. The number of nitrogens with zero attached hydrogens (tertiary/aromatic N) is 5. The lowest BCUT2D eigenvalue weighted by molar-refractivity contribution is 0.986. The quantitative estimate of drug-likeness (QED) is 0.895. The van der Waals surface area contributed by atoms with E-state index < -0.39 is 0 Å². The molecule has 0 atom stereocenters. The highest BCUT2D eigenvalue weighted by molar-refractivity contribution is 9.12. The van der Waals surface area contributed by atoms with Gasteiger partial charge in [0.15, 0.2) is 0 Å². The third kappa shape index (κ3) is 2.27. The number of hydrogen-bond donors (Lipinski definition) is 1. The number of anilines is 3. The van der Waals surface area contributed by atoms with Gasteiger partial charge in [-0.1, -0.05) is 0 Å². The molecule has 2 aromatic rings. The van der Waals surface area contributed by atoms with Gasteiger partial charge in [0.2, 0.25) is 5.95 Å². The molecule has 0 aliphatic carbocycles. The number of rotatable bonds is 2. The molecule has 0 saturated carbocycles. The largest absolute Gasteiger partial charge is 0.323 e. The van der Waals surface area contributed by atoms with E-state index in [2.05, 4.69) is 46.1 Å². The molecule has 4 rings (SSSR count). The summed E-state index contributed by atoms with van der Waals surface area (Å²) < 4.78 is 0.976. The van der Waals surface area contributed by atoms with E-state index >= 15 is 0 Å². The van der Waals surface area contributed by atoms with Gasteiger partial charge in [0, 0.05) is 24.0 Å². The van der Waals surface area contributed by atoms with Gasteiger partial charge in [-0.3, -0.25) is 9.98 Å². The van der Waals surface area contributed by atoms with Crippen LogP contribution in [0.2, 0.25) is 0 Å². The monoisotopic (exact) mass is 356 g/mol. The fourth-order valence-corrected chi connectivity index (χ4v) is 3.08. The van der Waals surface area contributed by atoms with Crippen LogP contribution >= 0.6 is 15.9 Å². The van der Waals surface area contributed by atoms with Crippen molar-refractivity contribution >= 4 is 45.3 Å². The predicted octanol–water partition coefficient (Wildman–Crippen LogP) is 2.89. The average molecular weight is 357 g/mol. The Bertz CT molecular complexity index is 796.